The number of methoxy groups -OCH3 is 1. The molecule has 0 unspecified atom stereocenters. The van der Waals surface area contributed by atoms with E-state index in [0.29, 0.717) is 33.9 Å². The van der Waals surface area contributed by atoms with Gasteiger partial charge in [-0.15, -0.1) is 0 Å². The van der Waals surface area contributed by atoms with E-state index in [1.54, 1.807) is 31.3 Å². The van der Waals surface area contributed by atoms with Gasteiger partial charge in [0, 0.05) is 24.9 Å². The van der Waals surface area contributed by atoms with Crippen LogP contribution >= 0.6 is 0 Å². The number of aryl methyl sites for hydroxylation is 1. The second-order valence-corrected chi connectivity index (χ2v) is 9.48. The number of hydrogen-bond donors (Lipinski definition) is 0. The molecule has 0 N–H and O–H groups in total. The number of nitrogens with zero attached hydrogens (tertiary/aromatic N) is 7. The van der Waals surface area contributed by atoms with Gasteiger partial charge < -0.3 is 14.0 Å². The van der Waals surface area contributed by atoms with Crippen LogP contribution in [0, 0.1) is 5.82 Å². The fourth-order valence-corrected chi connectivity index (χ4v) is 4.56. The summed E-state index contributed by atoms with van der Waals surface area (Å²) in [6.45, 7) is 1.77. The highest BCUT2D eigenvalue weighted by Gasteiger charge is 2.35. The third-order valence-corrected chi connectivity index (χ3v) is 6.72. The molecule has 4 aromatic heterocycles. The molecule has 0 saturated heterocycles. The van der Waals surface area contributed by atoms with Crippen molar-refractivity contribution < 1.29 is 27.0 Å². The molecule has 9 nitrogen and oxygen atoms in total. The molecule has 41 heavy (non-hydrogen) atoms. The van der Waals surface area contributed by atoms with Crippen LogP contribution in [0.5, 0.6) is 11.8 Å². The fraction of sp³-hybridized carbons (Fsp3) is 0.286. The van der Waals surface area contributed by atoms with Crippen LogP contribution in [0.15, 0.2) is 49.1 Å². The first-order valence-electron chi connectivity index (χ1n) is 12.8. The Morgan fingerprint density at radius 2 is 1.85 bits per heavy atom. The molecule has 6 rings (SSSR count). The van der Waals surface area contributed by atoms with Crippen molar-refractivity contribution in [1.29, 1.82) is 0 Å². The Hall–Kier alpha value is -4.68. The van der Waals surface area contributed by atoms with Crippen LogP contribution in [0.25, 0.3) is 33.8 Å². The zero-order chi connectivity index (χ0) is 28.7. The van der Waals surface area contributed by atoms with Crippen molar-refractivity contribution in [2.75, 3.05) is 7.11 Å². The Balaban J connectivity index is 1.33. The summed E-state index contributed by atoms with van der Waals surface area (Å²) in [7, 11) is 1.51. The third-order valence-electron chi connectivity index (χ3n) is 6.72. The minimum absolute atomic E-state index is 0.0474. The van der Waals surface area contributed by atoms with E-state index in [1.807, 2.05) is 0 Å². The summed E-state index contributed by atoms with van der Waals surface area (Å²) in [5, 5.41) is 0.543. The predicted octanol–water partition coefficient (Wildman–Crippen LogP) is 5.99. The van der Waals surface area contributed by atoms with Gasteiger partial charge in [-0.2, -0.15) is 18.2 Å². The number of ether oxygens (including phenoxy) is 2. The van der Waals surface area contributed by atoms with Crippen LogP contribution in [-0.2, 0) is 19.3 Å². The minimum Gasteiger partial charge on any atom is -0.480 e. The average Bonchev–Trinajstić information content (AvgIpc) is 3.72. The van der Waals surface area contributed by atoms with Crippen LogP contribution in [0.3, 0.4) is 0 Å². The zero-order valence-corrected chi connectivity index (χ0v) is 22.0. The van der Waals surface area contributed by atoms with Crippen LogP contribution in [0.1, 0.15) is 42.6 Å². The van der Waals surface area contributed by atoms with Gasteiger partial charge in [-0.05, 0) is 49.6 Å². The molecule has 0 bridgehead atoms. The van der Waals surface area contributed by atoms with E-state index in [0.717, 1.165) is 24.7 Å². The summed E-state index contributed by atoms with van der Waals surface area (Å²) in [6.07, 6.45) is 1.26. The lowest BCUT2D eigenvalue weighted by Crippen LogP contribution is -2.06. The van der Waals surface area contributed by atoms with Gasteiger partial charge in [0.05, 0.1) is 23.8 Å². The number of rotatable bonds is 8. The van der Waals surface area contributed by atoms with Gasteiger partial charge in [-0.25, -0.2) is 29.3 Å². The Morgan fingerprint density at radius 1 is 1.02 bits per heavy atom. The topological polar surface area (TPSA) is 101 Å². The van der Waals surface area contributed by atoms with Crippen LogP contribution in [-0.4, -0.2) is 41.6 Å². The summed E-state index contributed by atoms with van der Waals surface area (Å²) in [4.78, 5) is 26.0. The summed E-state index contributed by atoms with van der Waals surface area (Å²) in [5.74, 6) is 0.264. The molecule has 0 atom stereocenters. The number of hydrogen-bond acceptors (Lipinski definition) is 8. The number of pyridine rings is 1. The molecule has 0 amide bonds. The highest BCUT2D eigenvalue weighted by Crippen LogP contribution is 2.45. The van der Waals surface area contributed by atoms with E-state index < -0.39 is 17.7 Å². The zero-order valence-electron chi connectivity index (χ0n) is 22.0. The van der Waals surface area contributed by atoms with E-state index in [1.165, 1.54) is 30.1 Å². The van der Waals surface area contributed by atoms with Gasteiger partial charge in [0.1, 0.15) is 30.1 Å². The number of fused-ring (bicyclic) bond motifs is 1. The molecule has 1 aromatic carbocycles. The molecule has 4 heterocycles. The minimum atomic E-state index is -4.64. The molecule has 1 aliphatic carbocycles. The van der Waals surface area contributed by atoms with Crippen molar-refractivity contribution in [1.82, 2.24) is 34.5 Å². The first kappa shape index (κ1) is 26.5. The Labute approximate surface area is 231 Å². The van der Waals surface area contributed by atoms with Crippen molar-refractivity contribution in [2.45, 2.75) is 45.0 Å². The van der Waals surface area contributed by atoms with E-state index in [2.05, 4.69) is 29.9 Å². The largest absolute Gasteiger partial charge is 0.480 e. The number of imidazole rings is 1. The van der Waals surface area contributed by atoms with Gasteiger partial charge in [0.15, 0.2) is 17.2 Å². The van der Waals surface area contributed by atoms with Crippen molar-refractivity contribution in [3.05, 3.63) is 71.8 Å². The van der Waals surface area contributed by atoms with E-state index in [-0.39, 0.29) is 36.3 Å². The van der Waals surface area contributed by atoms with Gasteiger partial charge in [-0.3, -0.25) is 0 Å². The lowest BCUT2D eigenvalue weighted by atomic mass is 10.1. The van der Waals surface area contributed by atoms with Crippen molar-refractivity contribution in [3.8, 4) is 34.5 Å². The number of alkyl halides is 3. The summed E-state index contributed by atoms with van der Waals surface area (Å²) < 4.78 is 67.6. The van der Waals surface area contributed by atoms with Crippen LogP contribution in [0.4, 0.5) is 17.6 Å². The lowest BCUT2D eigenvalue weighted by Gasteiger charge is -2.14. The molecule has 5 aromatic rings. The first-order valence-corrected chi connectivity index (χ1v) is 12.8. The summed E-state index contributed by atoms with van der Waals surface area (Å²) in [5.41, 5.74) is 1.05. The molecular formula is C28H23F4N7O2. The fourth-order valence-electron chi connectivity index (χ4n) is 4.56. The lowest BCUT2D eigenvalue weighted by molar-refractivity contribution is -0.140. The van der Waals surface area contributed by atoms with Crippen LogP contribution < -0.4 is 9.47 Å². The highest BCUT2D eigenvalue weighted by atomic mass is 19.4. The summed E-state index contributed by atoms with van der Waals surface area (Å²) in [6, 6.07) is 7.65. The summed E-state index contributed by atoms with van der Waals surface area (Å²) >= 11 is 0. The van der Waals surface area contributed by atoms with Crippen molar-refractivity contribution in [2.24, 2.45) is 0 Å². The first-order chi connectivity index (χ1) is 19.8. The normalized spacial score (nSPS) is 13.5. The maximum absolute atomic E-state index is 15.2. The van der Waals surface area contributed by atoms with E-state index >= 15 is 4.39 Å². The molecule has 0 aliphatic heterocycles. The molecule has 1 saturated carbocycles. The second kappa shape index (κ2) is 10.4. The predicted molar refractivity (Wildman–Crippen MR) is 140 cm³/mol. The van der Waals surface area contributed by atoms with Gasteiger partial charge in [0.25, 0.3) is 0 Å². The monoisotopic (exact) mass is 565 g/mol. The Kier molecular flexibility index (Phi) is 6.72. The molecule has 1 fully saturated rings. The molecule has 0 radical (unpaired) electrons. The standard InChI is InChI=1S/C28H23F4N7O2/c1-3-39-12-20(28(30,31)32)36-25(39)17-9-6-15(11-19(17)29)13-41-26-18-5-4-10-33-23(18)37-24(38-26)21-22(16-7-8-16)34-14-35-27(21)40-2/h4-6,9-12,14,16H,3,7-8,13H2,1-2H3. The van der Waals surface area contributed by atoms with Crippen molar-refractivity contribution in [3.63, 3.8) is 0 Å². The van der Waals surface area contributed by atoms with Crippen molar-refractivity contribution >= 4 is 11.0 Å². The second-order valence-electron chi connectivity index (χ2n) is 9.48. The quantitative estimate of drug-likeness (QED) is 0.212. The number of benzene rings is 1. The molecule has 13 heteroatoms. The van der Waals surface area contributed by atoms with E-state index in [4.69, 9.17) is 9.47 Å². The van der Waals surface area contributed by atoms with Gasteiger partial charge in [-0.1, -0.05) is 6.07 Å². The number of aromatic nitrogens is 7. The van der Waals surface area contributed by atoms with E-state index in [9.17, 15) is 13.2 Å². The van der Waals surface area contributed by atoms with Gasteiger partial charge >= 0.3 is 6.18 Å². The van der Waals surface area contributed by atoms with Crippen LogP contribution in [0.2, 0.25) is 0 Å². The SMILES string of the molecule is CCn1cc(C(F)(F)F)nc1-c1ccc(COc2nc(-c3c(OC)ncnc3C3CC3)nc3ncccc23)cc1F. The Morgan fingerprint density at radius 3 is 2.56 bits per heavy atom. The Bertz CT molecular complexity index is 1750. The molecule has 210 valence electrons. The molecule has 0 spiro atoms. The average molecular weight is 566 g/mol. The van der Waals surface area contributed by atoms with Gasteiger partial charge in [0.2, 0.25) is 11.8 Å². The maximum atomic E-state index is 15.2. The smallest absolute Gasteiger partial charge is 0.434 e. The molecular weight excluding hydrogens is 542 g/mol. The maximum Gasteiger partial charge on any atom is 0.434 e. The number of halogens is 4. The molecule has 1 aliphatic rings. The third kappa shape index (κ3) is 5.14. The highest BCUT2D eigenvalue weighted by molar-refractivity contribution is 5.83.